The average molecular weight is 322 g/mol. The summed E-state index contributed by atoms with van der Waals surface area (Å²) in [6, 6.07) is 0. The molecule has 2 heterocycles. The van der Waals surface area contributed by atoms with Gasteiger partial charge in [-0.2, -0.15) is 13.4 Å². The third kappa shape index (κ3) is 3.47. The number of nitrogens with zero attached hydrogens (tertiary/aromatic N) is 4. The van der Waals surface area contributed by atoms with Gasteiger partial charge in [0.2, 0.25) is 5.95 Å². The normalized spacial score (nSPS) is 16.0. The van der Waals surface area contributed by atoms with Crippen LogP contribution < -0.4 is 16.3 Å². The molecule has 9 nitrogen and oxygen atoms in total. The van der Waals surface area contributed by atoms with E-state index in [1.165, 1.54) is 4.57 Å². The lowest BCUT2D eigenvalue weighted by atomic mass is 10.4. The molecule has 1 aliphatic rings. The standard InChI is InChI=1S/C10H15FN4O5S/c1-13-3-4-14-8(13)12-9(16)15(10(14)17)5-7(11)6-20-21(2,18)19/h7H,3-6H2,1-2H3. The summed E-state index contributed by atoms with van der Waals surface area (Å²) in [6.45, 7) is -0.479. The Bertz CT molecular complexity index is 756. The number of likely N-dealkylation sites (N-methyl/N-ethyl adjacent to an activating group) is 1. The van der Waals surface area contributed by atoms with Crippen molar-refractivity contribution < 1.29 is 17.0 Å². The largest absolute Gasteiger partial charge is 0.355 e. The molecule has 0 radical (unpaired) electrons. The molecule has 1 atom stereocenters. The Kier molecular flexibility index (Phi) is 4.14. The summed E-state index contributed by atoms with van der Waals surface area (Å²) in [5.74, 6) is 0.240. The smallest absolute Gasteiger partial charge is 0.343 e. The van der Waals surface area contributed by atoms with Crippen molar-refractivity contribution in [3.05, 3.63) is 21.0 Å². The van der Waals surface area contributed by atoms with E-state index in [1.54, 1.807) is 11.9 Å². The monoisotopic (exact) mass is 322 g/mol. The third-order valence-corrected chi connectivity index (χ3v) is 3.54. The van der Waals surface area contributed by atoms with Crippen LogP contribution in [-0.4, -0.2) is 55.2 Å². The van der Waals surface area contributed by atoms with Crippen molar-refractivity contribution in [1.82, 2.24) is 14.1 Å². The summed E-state index contributed by atoms with van der Waals surface area (Å²) in [4.78, 5) is 29.2. The predicted octanol–water partition coefficient (Wildman–Crippen LogP) is -1.83. The fraction of sp³-hybridized carbons (Fsp3) is 0.700. The van der Waals surface area contributed by atoms with E-state index in [0.29, 0.717) is 17.7 Å². The highest BCUT2D eigenvalue weighted by Crippen LogP contribution is 2.10. The molecular formula is C10H15FN4O5S. The van der Waals surface area contributed by atoms with Crippen LogP contribution in [0.1, 0.15) is 0 Å². The summed E-state index contributed by atoms with van der Waals surface area (Å²) < 4.78 is 41.4. The molecule has 2 rings (SSSR count). The minimum absolute atomic E-state index is 0.240. The second-order valence-corrected chi connectivity index (χ2v) is 6.39. The zero-order valence-electron chi connectivity index (χ0n) is 11.5. The first kappa shape index (κ1) is 15.6. The minimum Gasteiger partial charge on any atom is -0.343 e. The third-order valence-electron chi connectivity index (χ3n) is 2.97. The Morgan fingerprint density at radius 2 is 2.05 bits per heavy atom. The van der Waals surface area contributed by atoms with E-state index >= 15 is 0 Å². The maximum absolute atomic E-state index is 13.7. The molecule has 21 heavy (non-hydrogen) atoms. The topological polar surface area (TPSA) is 104 Å². The highest BCUT2D eigenvalue weighted by Gasteiger charge is 2.23. The van der Waals surface area contributed by atoms with Crippen molar-refractivity contribution in [3.8, 4) is 0 Å². The molecule has 0 aliphatic carbocycles. The van der Waals surface area contributed by atoms with Gasteiger partial charge in [0.05, 0.1) is 19.4 Å². The van der Waals surface area contributed by atoms with Crippen LogP contribution in [0.5, 0.6) is 0 Å². The van der Waals surface area contributed by atoms with Gasteiger partial charge in [0, 0.05) is 20.1 Å². The Labute approximate surface area is 119 Å². The summed E-state index contributed by atoms with van der Waals surface area (Å²) in [7, 11) is -2.09. The van der Waals surface area contributed by atoms with Crippen LogP contribution in [0.15, 0.2) is 9.59 Å². The van der Waals surface area contributed by atoms with Gasteiger partial charge in [-0.15, -0.1) is 0 Å². The highest BCUT2D eigenvalue weighted by molar-refractivity contribution is 7.85. The molecule has 1 aromatic heterocycles. The molecule has 118 valence electrons. The SMILES string of the molecule is CN1CCn2c1nc(=O)n(CC(F)COS(C)(=O)=O)c2=O. The molecular weight excluding hydrogens is 307 g/mol. The first-order chi connectivity index (χ1) is 9.69. The maximum Gasteiger partial charge on any atom is 0.355 e. The fourth-order valence-corrected chi connectivity index (χ4v) is 2.36. The number of aromatic nitrogens is 3. The van der Waals surface area contributed by atoms with Crippen molar-refractivity contribution in [2.24, 2.45) is 0 Å². The predicted molar refractivity (Wildman–Crippen MR) is 71.7 cm³/mol. The van der Waals surface area contributed by atoms with Crippen molar-refractivity contribution in [1.29, 1.82) is 0 Å². The van der Waals surface area contributed by atoms with Crippen molar-refractivity contribution in [3.63, 3.8) is 0 Å². The molecule has 0 saturated carbocycles. The molecule has 1 unspecified atom stereocenters. The van der Waals surface area contributed by atoms with E-state index in [-0.39, 0.29) is 5.95 Å². The van der Waals surface area contributed by atoms with E-state index in [0.717, 1.165) is 6.26 Å². The first-order valence-electron chi connectivity index (χ1n) is 6.10. The molecule has 0 spiro atoms. The van der Waals surface area contributed by atoms with Crippen molar-refractivity contribution >= 4 is 16.1 Å². The van der Waals surface area contributed by atoms with Gasteiger partial charge in [0.1, 0.15) is 6.17 Å². The van der Waals surface area contributed by atoms with Gasteiger partial charge in [0.15, 0.2) is 0 Å². The maximum atomic E-state index is 13.7. The zero-order valence-corrected chi connectivity index (χ0v) is 12.3. The average Bonchev–Trinajstić information content (AvgIpc) is 2.73. The van der Waals surface area contributed by atoms with E-state index in [9.17, 15) is 22.4 Å². The van der Waals surface area contributed by atoms with E-state index in [1.807, 2.05) is 0 Å². The molecule has 1 aliphatic heterocycles. The Hall–Kier alpha value is -1.75. The highest BCUT2D eigenvalue weighted by atomic mass is 32.2. The molecule has 11 heteroatoms. The van der Waals surface area contributed by atoms with Crippen LogP contribution in [0.2, 0.25) is 0 Å². The lowest BCUT2D eigenvalue weighted by Crippen LogP contribution is -2.43. The number of rotatable bonds is 5. The number of anilines is 1. The Balaban J connectivity index is 2.22. The number of fused-ring (bicyclic) bond motifs is 1. The molecule has 1 aromatic rings. The van der Waals surface area contributed by atoms with Gasteiger partial charge in [-0.3, -0.25) is 8.75 Å². The van der Waals surface area contributed by atoms with Crippen LogP contribution in [0.4, 0.5) is 10.3 Å². The Morgan fingerprint density at radius 1 is 1.38 bits per heavy atom. The summed E-state index contributed by atoms with van der Waals surface area (Å²) >= 11 is 0. The number of hydrogen-bond acceptors (Lipinski definition) is 7. The quantitative estimate of drug-likeness (QED) is 0.587. The molecule has 0 saturated heterocycles. The summed E-state index contributed by atoms with van der Waals surface area (Å²) in [5.41, 5.74) is -1.54. The van der Waals surface area contributed by atoms with Crippen LogP contribution in [0, 0.1) is 0 Å². The van der Waals surface area contributed by atoms with Crippen LogP contribution in [0.3, 0.4) is 0 Å². The molecule has 0 fully saturated rings. The van der Waals surface area contributed by atoms with Gasteiger partial charge >= 0.3 is 11.4 Å². The number of hydrogen-bond donors (Lipinski definition) is 0. The van der Waals surface area contributed by atoms with Gasteiger partial charge in [-0.1, -0.05) is 0 Å². The minimum atomic E-state index is -3.78. The first-order valence-corrected chi connectivity index (χ1v) is 7.92. The van der Waals surface area contributed by atoms with E-state index in [4.69, 9.17) is 0 Å². The van der Waals surface area contributed by atoms with Crippen molar-refractivity contribution in [2.75, 3.05) is 31.4 Å². The van der Waals surface area contributed by atoms with E-state index in [2.05, 4.69) is 9.17 Å². The molecule has 0 N–H and O–H groups in total. The second kappa shape index (κ2) is 5.56. The fourth-order valence-electron chi connectivity index (χ4n) is 1.96. The zero-order chi connectivity index (χ0) is 15.8. The molecule has 0 amide bonds. The lowest BCUT2D eigenvalue weighted by Gasteiger charge is -2.12. The van der Waals surface area contributed by atoms with Gasteiger partial charge in [0.25, 0.3) is 10.1 Å². The van der Waals surface area contributed by atoms with Crippen LogP contribution >= 0.6 is 0 Å². The Morgan fingerprint density at radius 3 is 2.67 bits per heavy atom. The van der Waals surface area contributed by atoms with E-state index < -0.39 is 40.8 Å². The molecule has 0 aromatic carbocycles. The summed E-state index contributed by atoms with van der Waals surface area (Å²) in [6.07, 6.45) is -1.03. The van der Waals surface area contributed by atoms with Gasteiger partial charge < -0.3 is 4.90 Å². The number of alkyl halides is 1. The van der Waals surface area contributed by atoms with Crippen LogP contribution in [-0.2, 0) is 27.4 Å². The van der Waals surface area contributed by atoms with Crippen molar-refractivity contribution in [2.45, 2.75) is 19.3 Å². The second-order valence-electron chi connectivity index (χ2n) is 4.75. The van der Waals surface area contributed by atoms with Gasteiger partial charge in [-0.25, -0.2) is 18.5 Å². The molecule has 0 bridgehead atoms. The number of halogens is 1. The summed E-state index contributed by atoms with van der Waals surface area (Å²) in [5, 5.41) is 0. The van der Waals surface area contributed by atoms with Gasteiger partial charge in [-0.05, 0) is 0 Å². The lowest BCUT2D eigenvalue weighted by molar-refractivity contribution is 0.180. The van der Waals surface area contributed by atoms with Crippen LogP contribution in [0.25, 0.3) is 0 Å².